The highest BCUT2D eigenvalue weighted by atomic mass is 16.3. The van der Waals surface area contributed by atoms with Gasteiger partial charge in [0.15, 0.2) is 0 Å². The molecule has 0 fully saturated rings. The largest absolute Gasteiger partial charge is 0.380 e. The normalized spacial score (nSPS) is 11.4. The maximum atomic E-state index is 11.5. The van der Waals surface area contributed by atoms with Crippen LogP contribution in [0, 0.1) is 13.0 Å². The zero-order valence-electron chi connectivity index (χ0n) is 12.7. The summed E-state index contributed by atoms with van der Waals surface area (Å²) in [6.45, 7) is 2.06. The molecule has 109 valence electrons. The Morgan fingerprint density at radius 1 is 0.864 bits per heavy atom. The van der Waals surface area contributed by atoms with Crippen molar-refractivity contribution in [2.75, 3.05) is 0 Å². The van der Waals surface area contributed by atoms with Crippen molar-refractivity contribution >= 4 is 0 Å². The zero-order valence-corrected chi connectivity index (χ0v) is 12.7. The summed E-state index contributed by atoms with van der Waals surface area (Å²) in [5, 5.41) is 11.5. The number of hydrogen-bond acceptors (Lipinski definition) is 1. The fourth-order valence-electron chi connectivity index (χ4n) is 2.82. The molecular weight excluding hydrogens is 268 g/mol. The van der Waals surface area contributed by atoms with Crippen molar-refractivity contribution in [2.24, 2.45) is 0 Å². The number of rotatable bonds is 4. The lowest BCUT2D eigenvalue weighted by Crippen LogP contribution is -2.30. The maximum absolute atomic E-state index is 11.5. The molecule has 0 aliphatic rings. The Labute approximate surface area is 131 Å². The first-order chi connectivity index (χ1) is 10.7. The third kappa shape index (κ3) is 2.81. The van der Waals surface area contributed by atoms with E-state index in [1.807, 2.05) is 78.9 Å². The summed E-state index contributed by atoms with van der Waals surface area (Å²) in [6.07, 6.45) is 0.543. The van der Waals surface area contributed by atoms with Gasteiger partial charge in [-0.1, -0.05) is 78.9 Å². The van der Waals surface area contributed by atoms with Crippen molar-refractivity contribution < 1.29 is 5.11 Å². The predicted octanol–water partition coefficient (Wildman–Crippen LogP) is 4.27. The van der Waals surface area contributed by atoms with Crippen LogP contribution in [-0.2, 0) is 12.0 Å². The number of aryl methyl sites for hydroxylation is 1. The lowest BCUT2D eigenvalue weighted by Gasteiger charge is -2.30. The van der Waals surface area contributed by atoms with E-state index in [1.54, 1.807) is 0 Å². The molecule has 1 heteroatoms. The van der Waals surface area contributed by atoms with Gasteiger partial charge in [0, 0.05) is 6.42 Å². The molecule has 0 saturated carbocycles. The van der Waals surface area contributed by atoms with Crippen LogP contribution < -0.4 is 0 Å². The number of aliphatic hydroxyl groups is 1. The highest BCUT2D eigenvalue weighted by Gasteiger charge is 2.31. The van der Waals surface area contributed by atoms with Crippen molar-refractivity contribution in [2.45, 2.75) is 18.9 Å². The monoisotopic (exact) mass is 287 g/mol. The highest BCUT2D eigenvalue weighted by Crippen LogP contribution is 2.33. The Kier molecular flexibility index (Phi) is 4.08. The second-order valence-corrected chi connectivity index (χ2v) is 5.62. The molecule has 0 aliphatic heterocycles. The van der Waals surface area contributed by atoms with Crippen LogP contribution in [0.4, 0.5) is 0 Å². The van der Waals surface area contributed by atoms with Gasteiger partial charge in [0.05, 0.1) is 0 Å². The SMILES string of the molecule is Cc1c[c]ccc1CC(O)(c1ccccc1)c1ccccc1. The van der Waals surface area contributed by atoms with Gasteiger partial charge in [-0.25, -0.2) is 0 Å². The molecule has 0 aromatic heterocycles. The average molecular weight is 287 g/mol. The van der Waals surface area contributed by atoms with Crippen molar-refractivity contribution in [3.05, 3.63) is 107 Å². The van der Waals surface area contributed by atoms with E-state index >= 15 is 0 Å². The molecule has 0 atom stereocenters. The van der Waals surface area contributed by atoms with Gasteiger partial charge in [-0.3, -0.25) is 0 Å². The van der Waals surface area contributed by atoms with Crippen LogP contribution >= 0.6 is 0 Å². The van der Waals surface area contributed by atoms with Crippen LogP contribution in [-0.4, -0.2) is 5.11 Å². The first kappa shape index (κ1) is 14.6. The van der Waals surface area contributed by atoms with Crippen LogP contribution in [0.1, 0.15) is 22.3 Å². The fourth-order valence-corrected chi connectivity index (χ4v) is 2.82. The topological polar surface area (TPSA) is 20.2 Å². The van der Waals surface area contributed by atoms with E-state index in [9.17, 15) is 5.11 Å². The summed E-state index contributed by atoms with van der Waals surface area (Å²) in [6, 6.07) is 28.7. The first-order valence-electron chi connectivity index (χ1n) is 7.49. The second-order valence-electron chi connectivity index (χ2n) is 5.62. The highest BCUT2D eigenvalue weighted by molar-refractivity contribution is 5.39. The lowest BCUT2D eigenvalue weighted by atomic mass is 9.80. The van der Waals surface area contributed by atoms with Crippen molar-refractivity contribution in [1.29, 1.82) is 0 Å². The van der Waals surface area contributed by atoms with E-state index in [-0.39, 0.29) is 0 Å². The van der Waals surface area contributed by atoms with E-state index in [4.69, 9.17) is 0 Å². The van der Waals surface area contributed by atoms with E-state index in [2.05, 4.69) is 13.0 Å². The molecule has 22 heavy (non-hydrogen) atoms. The summed E-state index contributed by atoms with van der Waals surface area (Å²) in [5.74, 6) is 0. The van der Waals surface area contributed by atoms with Gasteiger partial charge < -0.3 is 5.11 Å². The molecule has 3 rings (SSSR count). The minimum absolute atomic E-state index is 0.543. The van der Waals surface area contributed by atoms with Gasteiger partial charge in [0.2, 0.25) is 0 Å². The van der Waals surface area contributed by atoms with Crippen LogP contribution in [0.3, 0.4) is 0 Å². The summed E-state index contributed by atoms with van der Waals surface area (Å²) in [5.41, 5.74) is 3.07. The molecule has 0 heterocycles. The summed E-state index contributed by atoms with van der Waals surface area (Å²) < 4.78 is 0. The van der Waals surface area contributed by atoms with E-state index in [1.165, 1.54) is 0 Å². The molecule has 1 N–H and O–H groups in total. The van der Waals surface area contributed by atoms with Crippen LogP contribution in [0.25, 0.3) is 0 Å². The molecule has 0 aliphatic carbocycles. The molecule has 1 radical (unpaired) electrons. The van der Waals surface area contributed by atoms with Crippen LogP contribution in [0.2, 0.25) is 0 Å². The van der Waals surface area contributed by atoms with Gasteiger partial charge in [-0.15, -0.1) is 0 Å². The predicted molar refractivity (Wildman–Crippen MR) is 89.6 cm³/mol. The summed E-state index contributed by atoms with van der Waals surface area (Å²) in [7, 11) is 0. The zero-order chi connectivity index (χ0) is 15.4. The minimum Gasteiger partial charge on any atom is -0.380 e. The summed E-state index contributed by atoms with van der Waals surface area (Å²) in [4.78, 5) is 0. The Hall–Kier alpha value is -2.38. The second kappa shape index (κ2) is 6.17. The van der Waals surface area contributed by atoms with E-state index in [0.29, 0.717) is 6.42 Å². The number of hydrogen-bond donors (Lipinski definition) is 1. The minimum atomic E-state index is -1.03. The van der Waals surface area contributed by atoms with Crippen LogP contribution in [0.5, 0.6) is 0 Å². The molecule has 1 nitrogen and oxygen atoms in total. The summed E-state index contributed by atoms with van der Waals surface area (Å²) >= 11 is 0. The van der Waals surface area contributed by atoms with Gasteiger partial charge >= 0.3 is 0 Å². The third-order valence-electron chi connectivity index (χ3n) is 4.14. The van der Waals surface area contributed by atoms with Crippen molar-refractivity contribution in [3.8, 4) is 0 Å². The van der Waals surface area contributed by atoms with Gasteiger partial charge in [0.1, 0.15) is 5.60 Å². The van der Waals surface area contributed by atoms with Gasteiger partial charge in [0.25, 0.3) is 0 Å². The Balaban J connectivity index is 2.10. The Morgan fingerprint density at radius 2 is 1.41 bits per heavy atom. The quantitative estimate of drug-likeness (QED) is 0.759. The smallest absolute Gasteiger partial charge is 0.119 e. The standard InChI is InChI=1S/C21H19O/c1-17-10-8-9-11-18(17)16-21(22,19-12-4-2-5-13-19)20-14-6-3-7-15-20/h2-7,9-15,22H,16H2,1H3. The lowest BCUT2D eigenvalue weighted by molar-refractivity contribution is 0.0810. The molecule has 0 amide bonds. The molecule has 0 bridgehead atoms. The molecule has 0 unspecified atom stereocenters. The Morgan fingerprint density at radius 3 is 1.91 bits per heavy atom. The molecule has 3 aromatic rings. The molecular formula is C21H19O. The van der Waals surface area contributed by atoms with Gasteiger partial charge in [-0.2, -0.15) is 0 Å². The molecule has 0 saturated heterocycles. The fraction of sp³-hybridized carbons (Fsp3) is 0.143. The molecule has 0 spiro atoms. The Bertz CT molecular complexity index is 693. The maximum Gasteiger partial charge on any atom is 0.119 e. The first-order valence-corrected chi connectivity index (χ1v) is 7.49. The van der Waals surface area contributed by atoms with E-state index < -0.39 is 5.60 Å². The van der Waals surface area contributed by atoms with Gasteiger partial charge in [-0.05, 0) is 35.2 Å². The van der Waals surface area contributed by atoms with E-state index in [0.717, 1.165) is 22.3 Å². The third-order valence-corrected chi connectivity index (χ3v) is 4.14. The van der Waals surface area contributed by atoms with Crippen LogP contribution in [0.15, 0.2) is 78.9 Å². The van der Waals surface area contributed by atoms with Crippen molar-refractivity contribution in [3.63, 3.8) is 0 Å². The molecule has 3 aromatic carbocycles. The number of benzene rings is 3. The van der Waals surface area contributed by atoms with Crippen molar-refractivity contribution in [1.82, 2.24) is 0 Å². The average Bonchev–Trinajstić information content (AvgIpc) is 2.58.